The van der Waals surface area contributed by atoms with Crippen molar-refractivity contribution in [1.82, 2.24) is 0 Å². The second-order valence-electron chi connectivity index (χ2n) is 5.53. The molecule has 118 valence electrons. The molecular weight excluding hydrogens is 391 g/mol. The minimum Gasteiger partial charge on any atom is -0.507 e. The van der Waals surface area contributed by atoms with E-state index in [-0.39, 0.29) is 16.3 Å². The molecule has 1 nitrogen and oxygen atoms in total. The summed E-state index contributed by atoms with van der Waals surface area (Å²) >= 11 is 9.37. The zero-order valence-electron chi connectivity index (χ0n) is 12.4. The molecule has 4 aromatic rings. The Morgan fingerprint density at radius 3 is 1.96 bits per heavy atom. The molecule has 0 aliphatic heterocycles. The molecule has 0 aromatic heterocycles. The second kappa shape index (κ2) is 5.76. The van der Waals surface area contributed by atoms with Crippen molar-refractivity contribution in [1.29, 1.82) is 0 Å². The van der Waals surface area contributed by atoms with Gasteiger partial charge in [-0.25, -0.2) is 4.39 Å². The fourth-order valence-electron chi connectivity index (χ4n) is 3.13. The lowest BCUT2D eigenvalue weighted by atomic mass is 9.92. The van der Waals surface area contributed by atoms with E-state index in [0.29, 0.717) is 15.4 Å². The molecule has 0 atom stereocenters. The highest BCUT2D eigenvalue weighted by Gasteiger charge is 2.21. The zero-order valence-corrected chi connectivity index (χ0v) is 14.7. The van der Waals surface area contributed by atoms with Crippen molar-refractivity contribution in [3.63, 3.8) is 0 Å². The number of benzene rings is 4. The molecule has 1 N–H and O–H groups in total. The Balaban J connectivity index is 2.28. The van der Waals surface area contributed by atoms with Crippen molar-refractivity contribution in [2.45, 2.75) is 0 Å². The first-order chi connectivity index (χ1) is 11.6. The topological polar surface area (TPSA) is 20.2 Å². The smallest absolute Gasteiger partial charge is 0.150 e. The van der Waals surface area contributed by atoms with Crippen molar-refractivity contribution < 1.29 is 9.50 Å². The largest absolute Gasteiger partial charge is 0.507 e. The molecule has 0 saturated carbocycles. The molecule has 0 unspecified atom stereocenters. The summed E-state index contributed by atoms with van der Waals surface area (Å²) in [6, 6.07) is 18.4. The van der Waals surface area contributed by atoms with E-state index in [2.05, 4.69) is 15.9 Å². The Bertz CT molecular complexity index is 1110. The lowest BCUT2D eigenvalue weighted by Gasteiger charge is -2.16. The molecule has 4 heteroatoms. The Kier molecular flexibility index (Phi) is 3.70. The predicted octanol–water partition coefficient (Wildman–Crippen LogP) is 6.92. The number of rotatable bonds is 1. The Morgan fingerprint density at radius 1 is 0.750 bits per heavy atom. The van der Waals surface area contributed by atoms with Gasteiger partial charge in [-0.3, -0.25) is 0 Å². The third kappa shape index (κ3) is 2.20. The molecule has 4 rings (SSSR count). The first-order valence-electron chi connectivity index (χ1n) is 7.36. The maximum Gasteiger partial charge on any atom is 0.150 e. The predicted molar refractivity (Wildman–Crippen MR) is 101 cm³/mol. The van der Waals surface area contributed by atoms with E-state index in [1.54, 1.807) is 6.07 Å². The molecular formula is C20H11BrClFO. The van der Waals surface area contributed by atoms with Gasteiger partial charge < -0.3 is 5.11 Å². The highest BCUT2D eigenvalue weighted by molar-refractivity contribution is 9.10. The SMILES string of the molecule is Oc1c(-c2c(Br)ccc(Cl)c2F)c2ccccc2c2ccccc12. The average molecular weight is 402 g/mol. The summed E-state index contributed by atoms with van der Waals surface area (Å²) in [6.45, 7) is 0. The lowest BCUT2D eigenvalue weighted by Crippen LogP contribution is -1.92. The summed E-state index contributed by atoms with van der Waals surface area (Å²) in [5, 5.41) is 14.3. The van der Waals surface area contributed by atoms with Crippen molar-refractivity contribution in [3.8, 4) is 16.9 Å². The molecule has 0 saturated heterocycles. The molecule has 0 heterocycles. The first-order valence-corrected chi connectivity index (χ1v) is 8.53. The van der Waals surface area contributed by atoms with Crippen LogP contribution in [0.15, 0.2) is 65.1 Å². The molecule has 0 spiro atoms. The van der Waals surface area contributed by atoms with Crippen LogP contribution in [0, 0.1) is 5.82 Å². The van der Waals surface area contributed by atoms with Crippen molar-refractivity contribution in [3.05, 3.63) is 76.0 Å². The van der Waals surface area contributed by atoms with Crippen molar-refractivity contribution in [2.24, 2.45) is 0 Å². The van der Waals surface area contributed by atoms with Crippen LogP contribution in [0.1, 0.15) is 0 Å². The number of aromatic hydroxyl groups is 1. The van der Waals surface area contributed by atoms with Crippen LogP contribution in [0.3, 0.4) is 0 Å². The highest BCUT2D eigenvalue weighted by Crippen LogP contribution is 2.47. The standard InChI is InChI=1S/C20H11BrClFO/c21-15-9-10-16(22)19(23)18(15)17-13-7-3-1-5-11(13)12-6-2-4-8-14(12)20(17)24/h1-10,24H. The number of hydrogen-bond acceptors (Lipinski definition) is 1. The lowest BCUT2D eigenvalue weighted by molar-refractivity contribution is 0.483. The highest BCUT2D eigenvalue weighted by atomic mass is 79.9. The van der Waals surface area contributed by atoms with Crippen LogP contribution in [0.25, 0.3) is 32.7 Å². The monoisotopic (exact) mass is 400 g/mol. The normalized spacial score (nSPS) is 11.3. The molecule has 0 aliphatic rings. The van der Waals surface area contributed by atoms with E-state index in [1.165, 1.54) is 6.07 Å². The van der Waals surface area contributed by atoms with E-state index < -0.39 is 5.82 Å². The van der Waals surface area contributed by atoms with Gasteiger partial charge in [0.1, 0.15) is 5.75 Å². The molecule has 0 amide bonds. The zero-order chi connectivity index (χ0) is 16.8. The summed E-state index contributed by atoms with van der Waals surface area (Å²) in [5.41, 5.74) is 0.707. The second-order valence-corrected chi connectivity index (χ2v) is 6.79. The van der Waals surface area contributed by atoms with Crippen LogP contribution in [0.4, 0.5) is 4.39 Å². The Morgan fingerprint density at radius 2 is 1.29 bits per heavy atom. The van der Waals surface area contributed by atoms with Crippen LogP contribution in [-0.4, -0.2) is 5.11 Å². The molecule has 0 fully saturated rings. The van der Waals surface area contributed by atoms with E-state index in [9.17, 15) is 9.50 Å². The maximum absolute atomic E-state index is 14.8. The van der Waals surface area contributed by atoms with Gasteiger partial charge in [-0.15, -0.1) is 0 Å². The summed E-state index contributed by atoms with van der Waals surface area (Å²) in [6.07, 6.45) is 0. The van der Waals surface area contributed by atoms with Gasteiger partial charge in [0.2, 0.25) is 0 Å². The van der Waals surface area contributed by atoms with Gasteiger partial charge in [-0.05, 0) is 28.3 Å². The first kappa shape index (κ1) is 15.4. The minimum absolute atomic E-state index is 0.0184. The van der Waals surface area contributed by atoms with Gasteiger partial charge >= 0.3 is 0 Å². The average Bonchev–Trinajstić information content (AvgIpc) is 2.61. The van der Waals surface area contributed by atoms with Gasteiger partial charge in [0.25, 0.3) is 0 Å². The number of hydrogen-bond donors (Lipinski definition) is 1. The van der Waals surface area contributed by atoms with Gasteiger partial charge in [0, 0.05) is 21.0 Å². The van der Waals surface area contributed by atoms with Crippen LogP contribution >= 0.6 is 27.5 Å². The van der Waals surface area contributed by atoms with Gasteiger partial charge in [0.15, 0.2) is 5.82 Å². The fourth-order valence-corrected chi connectivity index (χ4v) is 3.79. The quantitative estimate of drug-likeness (QED) is 0.271. The molecule has 0 bridgehead atoms. The maximum atomic E-state index is 14.8. The molecule has 0 aliphatic carbocycles. The Hall–Kier alpha value is -2.10. The summed E-state index contributed by atoms with van der Waals surface area (Å²) in [5.74, 6) is -0.507. The minimum atomic E-state index is -0.554. The van der Waals surface area contributed by atoms with Crippen molar-refractivity contribution >= 4 is 49.1 Å². The summed E-state index contributed by atoms with van der Waals surface area (Å²) < 4.78 is 15.3. The van der Waals surface area contributed by atoms with Crippen LogP contribution in [-0.2, 0) is 0 Å². The van der Waals surface area contributed by atoms with E-state index in [4.69, 9.17) is 11.6 Å². The van der Waals surface area contributed by atoms with Crippen molar-refractivity contribution in [2.75, 3.05) is 0 Å². The summed E-state index contributed by atoms with van der Waals surface area (Å²) in [4.78, 5) is 0. The van der Waals surface area contributed by atoms with Crippen LogP contribution in [0.5, 0.6) is 5.75 Å². The van der Waals surface area contributed by atoms with Crippen LogP contribution in [0.2, 0.25) is 5.02 Å². The third-order valence-corrected chi connectivity index (χ3v) is 5.15. The number of halogens is 3. The third-order valence-electron chi connectivity index (χ3n) is 4.20. The molecule has 0 radical (unpaired) electrons. The van der Waals surface area contributed by atoms with E-state index in [0.717, 1.165) is 16.2 Å². The number of phenolic OH excluding ortho intramolecular Hbond substituents is 1. The van der Waals surface area contributed by atoms with E-state index >= 15 is 0 Å². The van der Waals surface area contributed by atoms with Gasteiger partial charge in [-0.2, -0.15) is 0 Å². The fraction of sp³-hybridized carbons (Fsp3) is 0. The summed E-state index contributed by atoms with van der Waals surface area (Å²) in [7, 11) is 0. The van der Waals surface area contributed by atoms with Gasteiger partial charge in [-0.1, -0.05) is 76.1 Å². The van der Waals surface area contributed by atoms with Gasteiger partial charge in [0.05, 0.1) is 5.02 Å². The number of fused-ring (bicyclic) bond motifs is 3. The van der Waals surface area contributed by atoms with Crippen LogP contribution < -0.4 is 0 Å². The molecule has 24 heavy (non-hydrogen) atoms. The number of phenols is 1. The molecule has 4 aromatic carbocycles. The van der Waals surface area contributed by atoms with E-state index in [1.807, 2.05) is 48.5 Å². The Labute approximate surface area is 151 Å².